The average Bonchev–Trinajstić information content (AvgIpc) is 2.82. The average molecular weight is 432 g/mol. The molecule has 3 rings (SSSR count). The standard InChI is InChI=1S/C26H29N3O3/c1-2-27-26(31)21-11-6-12-23(18-21)28-19-25(30)29-22-13-15-24(16-14-22)32-17-7-10-20-8-4-3-5-9-20/h3-6,8-9,11-16,18,28H,2,7,10,17,19H2,1H3,(H,27,31)(H,29,30). The summed E-state index contributed by atoms with van der Waals surface area (Å²) in [5.41, 5.74) is 3.27. The Morgan fingerprint density at radius 3 is 2.41 bits per heavy atom. The van der Waals surface area contributed by atoms with Crippen LogP contribution in [0.5, 0.6) is 5.75 Å². The molecule has 0 unspecified atom stereocenters. The molecule has 0 saturated heterocycles. The molecule has 3 aromatic carbocycles. The summed E-state index contributed by atoms with van der Waals surface area (Å²) in [6.07, 6.45) is 1.92. The molecule has 0 radical (unpaired) electrons. The number of ether oxygens (including phenoxy) is 1. The van der Waals surface area contributed by atoms with Gasteiger partial charge in [-0.15, -0.1) is 0 Å². The van der Waals surface area contributed by atoms with Crippen LogP contribution in [0.4, 0.5) is 11.4 Å². The monoisotopic (exact) mass is 431 g/mol. The van der Waals surface area contributed by atoms with Gasteiger partial charge in [-0.25, -0.2) is 0 Å². The number of aryl methyl sites for hydroxylation is 1. The number of hydrogen-bond acceptors (Lipinski definition) is 4. The predicted octanol–water partition coefficient (Wildman–Crippen LogP) is 4.50. The van der Waals surface area contributed by atoms with Crippen molar-refractivity contribution in [3.05, 3.63) is 90.0 Å². The highest BCUT2D eigenvalue weighted by molar-refractivity contribution is 5.96. The van der Waals surface area contributed by atoms with Gasteiger partial charge in [0, 0.05) is 23.5 Å². The van der Waals surface area contributed by atoms with Crippen LogP contribution in [0.3, 0.4) is 0 Å². The quantitative estimate of drug-likeness (QED) is 0.391. The minimum Gasteiger partial charge on any atom is -0.494 e. The molecule has 32 heavy (non-hydrogen) atoms. The van der Waals surface area contributed by atoms with Gasteiger partial charge in [-0.05, 0) is 67.8 Å². The summed E-state index contributed by atoms with van der Waals surface area (Å²) < 4.78 is 5.78. The highest BCUT2D eigenvalue weighted by atomic mass is 16.5. The number of carbonyl (C=O) groups is 2. The predicted molar refractivity (Wildman–Crippen MR) is 128 cm³/mol. The van der Waals surface area contributed by atoms with E-state index in [1.54, 1.807) is 18.2 Å². The van der Waals surface area contributed by atoms with E-state index < -0.39 is 0 Å². The van der Waals surface area contributed by atoms with E-state index in [1.807, 2.05) is 55.5 Å². The van der Waals surface area contributed by atoms with Gasteiger partial charge < -0.3 is 20.7 Å². The molecule has 0 heterocycles. The second kappa shape index (κ2) is 12.2. The maximum Gasteiger partial charge on any atom is 0.251 e. The summed E-state index contributed by atoms with van der Waals surface area (Å²) in [6, 6.07) is 24.7. The summed E-state index contributed by atoms with van der Waals surface area (Å²) in [6.45, 7) is 3.17. The molecule has 0 aromatic heterocycles. The molecule has 0 atom stereocenters. The van der Waals surface area contributed by atoms with E-state index >= 15 is 0 Å². The first-order valence-corrected chi connectivity index (χ1v) is 10.8. The van der Waals surface area contributed by atoms with Gasteiger partial charge in [-0.1, -0.05) is 36.4 Å². The van der Waals surface area contributed by atoms with Crippen molar-refractivity contribution in [2.75, 3.05) is 30.3 Å². The van der Waals surface area contributed by atoms with Crippen LogP contribution in [0.2, 0.25) is 0 Å². The SMILES string of the molecule is CCNC(=O)c1cccc(NCC(=O)Nc2ccc(OCCCc3ccccc3)cc2)c1. The van der Waals surface area contributed by atoms with Gasteiger partial charge in [0.05, 0.1) is 13.2 Å². The van der Waals surface area contributed by atoms with Crippen molar-refractivity contribution in [3.8, 4) is 5.75 Å². The molecule has 3 N–H and O–H groups in total. The second-order valence-corrected chi connectivity index (χ2v) is 7.30. The van der Waals surface area contributed by atoms with E-state index in [0.717, 1.165) is 18.6 Å². The molecule has 6 heteroatoms. The minimum absolute atomic E-state index is 0.0938. The summed E-state index contributed by atoms with van der Waals surface area (Å²) in [7, 11) is 0. The van der Waals surface area contributed by atoms with Gasteiger partial charge in [-0.2, -0.15) is 0 Å². The van der Waals surface area contributed by atoms with Crippen LogP contribution in [-0.4, -0.2) is 31.5 Å². The summed E-state index contributed by atoms with van der Waals surface area (Å²) in [5.74, 6) is 0.462. The Balaban J connectivity index is 1.40. The van der Waals surface area contributed by atoms with Crippen molar-refractivity contribution in [1.82, 2.24) is 5.32 Å². The van der Waals surface area contributed by atoms with E-state index in [1.165, 1.54) is 5.56 Å². The van der Waals surface area contributed by atoms with Crippen molar-refractivity contribution in [3.63, 3.8) is 0 Å². The molecular weight excluding hydrogens is 402 g/mol. The first-order valence-electron chi connectivity index (χ1n) is 10.8. The number of hydrogen-bond donors (Lipinski definition) is 3. The number of anilines is 2. The van der Waals surface area contributed by atoms with Gasteiger partial charge in [-0.3, -0.25) is 9.59 Å². The zero-order valence-electron chi connectivity index (χ0n) is 18.3. The molecule has 0 bridgehead atoms. The van der Waals surface area contributed by atoms with Gasteiger partial charge in [0.1, 0.15) is 5.75 Å². The molecule has 0 aliphatic heterocycles. The third-order valence-electron chi connectivity index (χ3n) is 4.77. The van der Waals surface area contributed by atoms with Crippen LogP contribution >= 0.6 is 0 Å². The van der Waals surface area contributed by atoms with Crippen LogP contribution in [0.25, 0.3) is 0 Å². The number of rotatable bonds is 11. The number of nitrogens with one attached hydrogen (secondary N) is 3. The molecule has 0 spiro atoms. The van der Waals surface area contributed by atoms with E-state index in [4.69, 9.17) is 4.74 Å². The smallest absolute Gasteiger partial charge is 0.251 e. The fourth-order valence-corrected chi connectivity index (χ4v) is 3.17. The van der Waals surface area contributed by atoms with E-state index in [9.17, 15) is 9.59 Å². The Morgan fingerprint density at radius 1 is 0.875 bits per heavy atom. The normalized spacial score (nSPS) is 10.3. The van der Waals surface area contributed by atoms with Gasteiger partial charge in [0.15, 0.2) is 0 Å². The van der Waals surface area contributed by atoms with Crippen molar-refractivity contribution in [2.45, 2.75) is 19.8 Å². The molecular formula is C26H29N3O3. The first kappa shape index (κ1) is 22.9. The first-order chi connectivity index (χ1) is 15.6. The van der Waals surface area contributed by atoms with E-state index in [-0.39, 0.29) is 18.4 Å². The fraction of sp³-hybridized carbons (Fsp3) is 0.231. The number of benzene rings is 3. The highest BCUT2D eigenvalue weighted by Crippen LogP contribution is 2.16. The zero-order chi connectivity index (χ0) is 22.6. The van der Waals surface area contributed by atoms with Crippen LogP contribution < -0.4 is 20.7 Å². The van der Waals surface area contributed by atoms with Crippen molar-refractivity contribution in [2.24, 2.45) is 0 Å². The number of amides is 2. The third-order valence-corrected chi connectivity index (χ3v) is 4.77. The van der Waals surface area contributed by atoms with Crippen LogP contribution in [0, 0.1) is 0 Å². The zero-order valence-corrected chi connectivity index (χ0v) is 18.3. The van der Waals surface area contributed by atoms with Gasteiger partial charge in [0.2, 0.25) is 5.91 Å². The van der Waals surface area contributed by atoms with Crippen molar-refractivity contribution in [1.29, 1.82) is 0 Å². The van der Waals surface area contributed by atoms with Crippen LogP contribution in [0.15, 0.2) is 78.9 Å². The molecule has 2 amide bonds. The summed E-state index contributed by atoms with van der Waals surface area (Å²) in [5, 5.41) is 8.65. The maximum atomic E-state index is 12.3. The molecule has 0 saturated carbocycles. The Kier molecular flexibility index (Phi) is 8.69. The largest absolute Gasteiger partial charge is 0.494 e. The van der Waals surface area contributed by atoms with E-state index in [2.05, 4.69) is 28.1 Å². The lowest BCUT2D eigenvalue weighted by atomic mass is 10.1. The number of carbonyl (C=O) groups excluding carboxylic acids is 2. The van der Waals surface area contributed by atoms with E-state index in [0.29, 0.717) is 30.1 Å². The van der Waals surface area contributed by atoms with Crippen LogP contribution in [0.1, 0.15) is 29.3 Å². The molecule has 3 aromatic rings. The molecule has 0 aliphatic carbocycles. The topological polar surface area (TPSA) is 79.5 Å². The van der Waals surface area contributed by atoms with Crippen LogP contribution in [-0.2, 0) is 11.2 Å². The highest BCUT2D eigenvalue weighted by Gasteiger charge is 2.07. The molecule has 0 aliphatic rings. The van der Waals surface area contributed by atoms with Crippen molar-refractivity contribution >= 4 is 23.2 Å². The van der Waals surface area contributed by atoms with Gasteiger partial charge in [0.25, 0.3) is 5.91 Å². The van der Waals surface area contributed by atoms with Crippen molar-refractivity contribution < 1.29 is 14.3 Å². The lowest BCUT2D eigenvalue weighted by molar-refractivity contribution is -0.114. The Morgan fingerprint density at radius 2 is 1.66 bits per heavy atom. The summed E-state index contributed by atoms with van der Waals surface area (Å²) >= 11 is 0. The lowest BCUT2D eigenvalue weighted by Crippen LogP contribution is -2.23. The molecule has 166 valence electrons. The molecule has 0 fully saturated rings. The lowest BCUT2D eigenvalue weighted by Gasteiger charge is -2.10. The second-order valence-electron chi connectivity index (χ2n) is 7.30. The van der Waals surface area contributed by atoms with Gasteiger partial charge >= 0.3 is 0 Å². The Hall–Kier alpha value is -3.80. The summed E-state index contributed by atoms with van der Waals surface area (Å²) in [4.78, 5) is 24.2. The minimum atomic E-state index is -0.176. The fourth-order valence-electron chi connectivity index (χ4n) is 3.17. The maximum absolute atomic E-state index is 12.3. The Labute approximate surface area is 189 Å². The third kappa shape index (κ3) is 7.47. The Bertz CT molecular complexity index is 1000. The molecule has 6 nitrogen and oxygen atoms in total.